The second kappa shape index (κ2) is 7.59. The molecule has 10 heteroatoms. The van der Waals surface area contributed by atoms with Crippen molar-refractivity contribution in [1.82, 2.24) is 4.90 Å². The number of likely N-dealkylation sites (N-methyl/N-ethyl adjacent to an activating group) is 1. The molecule has 1 saturated heterocycles. The van der Waals surface area contributed by atoms with Gasteiger partial charge in [-0.1, -0.05) is 0 Å². The van der Waals surface area contributed by atoms with E-state index in [1.165, 1.54) is 6.07 Å². The highest BCUT2D eigenvalue weighted by Crippen LogP contribution is 2.36. The number of nitrogens with zero attached hydrogens (tertiary/aromatic N) is 2. The molecule has 1 aliphatic rings. The van der Waals surface area contributed by atoms with Crippen molar-refractivity contribution in [3.8, 4) is 0 Å². The van der Waals surface area contributed by atoms with Crippen LogP contribution in [-0.2, 0) is 16.2 Å². The Morgan fingerprint density at radius 1 is 0.964 bits per heavy atom. The van der Waals surface area contributed by atoms with E-state index in [4.69, 9.17) is 0 Å². The van der Waals surface area contributed by atoms with Crippen molar-refractivity contribution in [2.24, 2.45) is 0 Å². The molecule has 1 aliphatic heterocycles. The third-order valence-corrected chi connectivity index (χ3v) is 5.92. The van der Waals surface area contributed by atoms with Gasteiger partial charge in [0.05, 0.1) is 21.8 Å². The molecule has 28 heavy (non-hydrogen) atoms. The molecule has 0 saturated carbocycles. The van der Waals surface area contributed by atoms with Crippen molar-refractivity contribution >= 4 is 21.4 Å². The summed E-state index contributed by atoms with van der Waals surface area (Å²) >= 11 is 0. The van der Waals surface area contributed by atoms with Gasteiger partial charge in [-0.15, -0.1) is 0 Å². The van der Waals surface area contributed by atoms with Gasteiger partial charge in [-0.25, -0.2) is 12.8 Å². The van der Waals surface area contributed by atoms with Gasteiger partial charge >= 0.3 is 6.18 Å². The zero-order valence-corrected chi connectivity index (χ0v) is 15.8. The average Bonchev–Trinajstić information content (AvgIpc) is 2.62. The number of halogens is 4. The molecule has 1 N–H and O–H groups in total. The van der Waals surface area contributed by atoms with E-state index in [1.807, 2.05) is 11.9 Å². The number of alkyl halides is 3. The van der Waals surface area contributed by atoms with Crippen molar-refractivity contribution in [2.75, 3.05) is 42.8 Å². The maximum atomic E-state index is 13.2. The minimum absolute atomic E-state index is 0.163. The Morgan fingerprint density at radius 3 is 2.14 bits per heavy atom. The topological polar surface area (TPSA) is 52.6 Å². The predicted octanol–water partition coefficient (Wildman–Crippen LogP) is 3.40. The highest BCUT2D eigenvalue weighted by atomic mass is 32.2. The molecule has 152 valence electrons. The standard InChI is InChI=1S/C18H19F4N3O2S/c1-24-8-10-25(11-9-24)17-7-2-13(18(20,21)22)12-16(17)23-28(26,27)15-5-3-14(19)4-6-15/h2-7,12,23H,8-11H2,1H3. The van der Waals surface area contributed by atoms with Crippen molar-refractivity contribution in [2.45, 2.75) is 11.1 Å². The van der Waals surface area contributed by atoms with Gasteiger partial charge in [0.2, 0.25) is 0 Å². The van der Waals surface area contributed by atoms with Crippen LogP contribution in [-0.4, -0.2) is 46.5 Å². The predicted molar refractivity (Wildman–Crippen MR) is 98.4 cm³/mol. The highest BCUT2D eigenvalue weighted by Gasteiger charge is 2.32. The second-order valence-corrected chi connectivity index (χ2v) is 8.26. The fraction of sp³-hybridized carbons (Fsp3) is 0.333. The Labute approximate surface area is 160 Å². The van der Waals surface area contributed by atoms with Crippen molar-refractivity contribution < 1.29 is 26.0 Å². The largest absolute Gasteiger partial charge is 0.416 e. The van der Waals surface area contributed by atoms with E-state index in [9.17, 15) is 26.0 Å². The van der Waals surface area contributed by atoms with Gasteiger partial charge in [0.15, 0.2) is 0 Å². The van der Waals surface area contributed by atoms with E-state index in [-0.39, 0.29) is 10.6 Å². The van der Waals surface area contributed by atoms with Crippen LogP contribution in [0.1, 0.15) is 5.56 Å². The molecule has 2 aromatic carbocycles. The molecule has 0 aromatic heterocycles. The first-order valence-corrected chi connectivity index (χ1v) is 9.98. The first kappa shape index (κ1) is 20.4. The molecule has 0 aliphatic carbocycles. The number of sulfonamides is 1. The van der Waals surface area contributed by atoms with Crippen LogP contribution in [0.5, 0.6) is 0 Å². The number of hydrogen-bond acceptors (Lipinski definition) is 4. The molecule has 1 heterocycles. The summed E-state index contributed by atoms with van der Waals surface area (Å²) in [4.78, 5) is 3.67. The van der Waals surface area contributed by atoms with Gasteiger partial charge in [-0.3, -0.25) is 4.72 Å². The van der Waals surface area contributed by atoms with Crippen molar-refractivity contribution in [3.63, 3.8) is 0 Å². The van der Waals surface area contributed by atoms with Crippen molar-refractivity contribution in [1.29, 1.82) is 0 Å². The summed E-state index contributed by atoms with van der Waals surface area (Å²) in [6, 6.07) is 7.06. The molecule has 0 unspecified atom stereocenters. The smallest absolute Gasteiger partial charge is 0.367 e. The lowest BCUT2D eigenvalue weighted by molar-refractivity contribution is -0.137. The van der Waals surface area contributed by atoms with E-state index in [2.05, 4.69) is 9.62 Å². The van der Waals surface area contributed by atoms with Crippen LogP contribution < -0.4 is 9.62 Å². The monoisotopic (exact) mass is 417 g/mol. The number of rotatable bonds is 4. The third kappa shape index (κ3) is 4.56. The molecule has 2 aromatic rings. The van der Waals surface area contributed by atoms with Gasteiger partial charge in [-0.05, 0) is 49.5 Å². The van der Waals surface area contributed by atoms with Crippen molar-refractivity contribution in [3.05, 3.63) is 53.8 Å². The highest BCUT2D eigenvalue weighted by molar-refractivity contribution is 7.92. The van der Waals surface area contributed by atoms with Gasteiger partial charge in [-0.2, -0.15) is 13.2 Å². The van der Waals surface area contributed by atoms with Gasteiger partial charge < -0.3 is 9.80 Å². The summed E-state index contributed by atoms with van der Waals surface area (Å²) in [6.45, 7) is 2.50. The Balaban J connectivity index is 1.99. The zero-order valence-electron chi connectivity index (χ0n) is 15.0. The minimum atomic E-state index is -4.61. The first-order valence-electron chi connectivity index (χ1n) is 8.49. The molecular weight excluding hydrogens is 398 g/mol. The summed E-state index contributed by atoms with van der Waals surface area (Å²) in [7, 11) is -2.25. The van der Waals surface area contributed by atoms with Crippen LogP contribution in [0.25, 0.3) is 0 Å². The average molecular weight is 417 g/mol. The number of nitrogens with one attached hydrogen (secondary N) is 1. The molecule has 1 fully saturated rings. The van der Waals surface area contributed by atoms with Crippen LogP contribution in [0.15, 0.2) is 47.4 Å². The second-order valence-electron chi connectivity index (χ2n) is 6.58. The van der Waals surface area contributed by atoms with Crippen LogP contribution in [0, 0.1) is 5.82 Å². The Morgan fingerprint density at radius 2 is 1.57 bits per heavy atom. The number of benzene rings is 2. The molecule has 0 spiro atoms. The lowest BCUT2D eigenvalue weighted by atomic mass is 10.1. The van der Waals surface area contributed by atoms with E-state index in [0.717, 1.165) is 36.4 Å². The minimum Gasteiger partial charge on any atom is -0.367 e. The van der Waals surface area contributed by atoms with Gasteiger partial charge in [0.25, 0.3) is 10.0 Å². The molecule has 5 nitrogen and oxygen atoms in total. The zero-order chi connectivity index (χ0) is 20.5. The molecule has 0 amide bonds. The fourth-order valence-electron chi connectivity index (χ4n) is 2.93. The fourth-order valence-corrected chi connectivity index (χ4v) is 4.00. The van der Waals surface area contributed by atoms with Crippen LogP contribution >= 0.6 is 0 Å². The first-order chi connectivity index (χ1) is 13.1. The SMILES string of the molecule is CN1CCN(c2ccc(C(F)(F)F)cc2NS(=O)(=O)c2ccc(F)cc2)CC1. The number of anilines is 2. The molecule has 0 bridgehead atoms. The quantitative estimate of drug-likeness (QED) is 0.775. The number of hydrogen-bond donors (Lipinski definition) is 1. The summed E-state index contributed by atoms with van der Waals surface area (Å²) in [6.07, 6.45) is -4.61. The maximum absolute atomic E-state index is 13.2. The van der Waals surface area contributed by atoms with Gasteiger partial charge in [0.1, 0.15) is 5.82 Å². The van der Waals surface area contributed by atoms with E-state index in [0.29, 0.717) is 31.9 Å². The molecule has 3 rings (SSSR count). The number of piperazine rings is 1. The molecular formula is C18H19F4N3O2S. The van der Waals surface area contributed by atoms with E-state index in [1.54, 1.807) is 0 Å². The Hall–Kier alpha value is -2.33. The summed E-state index contributed by atoms with van der Waals surface area (Å²) in [5, 5.41) is 0. The Kier molecular flexibility index (Phi) is 5.53. The van der Waals surface area contributed by atoms with Crippen LogP contribution in [0.3, 0.4) is 0 Å². The lowest BCUT2D eigenvalue weighted by Gasteiger charge is -2.35. The van der Waals surface area contributed by atoms with Crippen LogP contribution in [0.2, 0.25) is 0 Å². The summed E-state index contributed by atoms with van der Waals surface area (Å²) in [5.74, 6) is -0.615. The normalized spacial score (nSPS) is 16.2. The molecule has 0 atom stereocenters. The lowest BCUT2D eigenvalue weighted by Crippen LogP contribution is -2.44. The maximum Gasteiger partial charge on any atom is 0.416 e. The Bertz CT molecular complexity index is 938. The van der Waals surface area contributed by atoms with Gasteiger partial charge in [0, 0.05) is 26.2 Å². The van der Waals surface area contributed by atoms with E-state index < -0.39 is 27.6 Å². The summed E-state index contributed by atoms with van der Waals surface area (Å²) in [5.41, 5.74) is -0.752. The molecule has 0 radical (unpaired) electrons. The van der Waals surface area contributed by atoms with Crippen LogP contribution in [0.4, 0.5) is 28.9 Å². The van der Waals surface area contributed by atoms with E-state index >= 15 is 0 Å². The third-order valence-electron chi connectivity index (χ3n) is 4.54. The summed E-state index contributed by atoms with van der Waals surface area (Å²) < 4.78 is 80.0.